The molecule has 36 heavy (non-hydrogen) atoms. The van der Waals surface area contributed by atoms with Crippen LogP contribution in [0.25, 0.3) is 0 Å². The van der Waals surface area contributed by atoms with Crippen molar-refractivity contribution in [2.75, 3.05) is 21.3 Å². The number of hydrogen-bond donors (Lipinski definition) is 1. The SMILES string of the molecule is COc1ccc(CC(=O)NN=Cc2ccc(OC(=O)c3ccc([N+](=O)[O-])cc3)c(OC)c2)cc1OC. The van der Waals surface area contributed by atoms with Gasteiger partial charge in [0, 0.05) is 12.1 Å². The molecule has 0 unspecified atom stereocenters. The fraction of sp³-hybridized carbons (Fsp3) is 0.160. The molecular weight excluding hydrogens is 470 g/mol. The van der Waals surface area contributed by atoms with E-state index in [1.165, 1.54) is 57.9 Å². The van der Waals surface area contributed by atoms with Gasteiger partial charge in [0.05, 0.1) is 44.5 Å². The van der Waals surface area contributed by atoms with Crippen molar-refractivity contribution in [1.29, 1.82) is 0 Å². The van der Waals surface area contributed by atoms with Crippen LogP contribution in [0.2, 0.25) is 0 Å². The first-order valence-corrected chi connectivity index (χ1v) is 10.5. The number of carbonyl (C=O) groups is 2. The summed E-state index contributed by atoms with van der Waals surface area (Å²) >= 11 is 0. The van der Waals surface area contributed by atoms with E-state index in [-0.39, 0.29) is 35.1 Å². The van der Waals surface area contributed by atoms with Gasteiger partial charge in [-0.1, -0.05) is 6.07 Å². The summed E-state index contributed by atoms with van der Waals surface area (Å²) in [6.07, 6.45) is 1.50. The summed E-state index contributed by atoms with van der Waals surface area (Å²) in [5.41, 5.74) is 3.76. The van der Waals surface area contributed by atoms with Crippen molar-refractivity contribution in [2.24, 2.45) is 5.10 Å². The van der Waals surface area contributed by atoms with Gasteiger partial charge in [0.25, 0.3) is 5.69 Å². The molecular formula is C25H23N3O8. The zero-order valence-corrected chi connectivity index (χ0v) is 19.7. The van der Waals surface area contributed by atoms with Crippen LogP contribution in [0.3, 0.4) is 0 Å². The minimum Gasteiger partial charge on any atom is -0.493 e. The second-order valence-corrected chi connectivity index (χ2v) is 7.26. The maximum Gasteiger partial charge on any atom is 0.343 e. The number of rotatable bonds is 10. The topological polar surface area (TPSA) is 139 Å². The lowest BCUT2D eigenvalue weighted by atomic mass is 10.1. The Labute approximate surface area is 206 Å². The van der Waals surface area contributed by atoms with Gasteiger partial charge in [0.15, 0.2) is 23.0 Å². The van der Waals surface area contributed by atoms with E-state index in [4.69, 9.17) is 18.9 Å². The standard InChI is InChI=1S/C25H23N3O8/c1-33-20-10-4-16(12-22(20)34-2)14-24(29)27-26-15-17-5-11-21(23(13-17)35-3)36-25(30)18-6-8-19(9-7-18)28(31)32/h4-13,15H,14H2,1-3H3,(H,27,29). The lowest BCUT2D eigenvalue weighted by Gasteiger charge is -2.10. The van der Waals surface area contributed by atoms with Crippen LogP contribution in [0.5, 0.6) is 23.0 Å². The molecule has 11 nitrogen and oxygen atoms in total. The molecule has 0 atom stereocenters. The molecule has 1 amide bonds. The Morgan fingerprint density at radius 3 is 2.17 bits per heavy atom. The molecule has 0 aliphatic heterocycles. The number of nitrogens with one attached hydrogen (secondary N) is 1. The predicted molar refractivity (Wildman–Crippen MR) is 130 cm³/mol. The highest BCUT2D eigenvalue weighted by molar-refractivity contribution is 5.92. The number of benzene rings is 3. The Bertz CT molecular complexity index is 1290. The average Bonchev–Trinajstić information content (AvgIpc) is 2.89. The molecule has 0 aliphatic rings. The zero-order valence-electron chi connectivity index (χ0n) is 19.7. The number of nitro benzene ring substituents is 1. The number of non-ortho nitro benzene ring substituents is 1. The maximum absolute atomic E-state index is 12.4. The number of nitrogens with zero attached hydrogens (tertiary/aromatic N) is 2. The molecule has 3 aromatic rings. The van der Waals surface area contributed by atoms with Gasteiger partial charge in [-0.05, 0) is 53.6 Å². The minimum atomic E-state index is -0.702. The first kappa shape index (κ1) is 25.7. The van der Waals surface area contributed by atoms with E-state index in [2.05, 4.69) is 10.5 Å². The molecule has 0 aromatic heterocycles. The highest BCUT2D eigenvalue weighted by Crippen LogP contribution is 2.29. The molecule has 3 rings (SSSR count). The fourth-order valence-corrected chi connectivity index (χ4v) is 3.12. The molecule has 0 radical (unpaired) electrons. The van der Waals surface area contributed by atoms with Crippen molar-refractivity contribution < 1.29 is 33.5 Å². The summed E-state index contributed by atoms with van der Waals surface area (Å²) in [6, 6.07) is 14.9. The van der Waals surface area contributed by atoms with Gasteiger partial charge in [0.1, 0.15) is 0 Å². The smallest absolute Gasteiger partial charge is 0.343 e. The van der Waals surface area contributed by atoms with Gasteiger partial charge in [-0.2, -0.15) is 5.10 Å². The van der Waals surface area contributed by atoms with E-state index in [1.54, 1.807) is 30.3 Å². The Hall–Kier alpha value is -4.93. The van der Waals surface area contributed by atoms with Gasteiger partial charge in [-0.25, -0.2) is 10.2 Å². The van der Waals surface area contributed by atoms with E-state index < -0.39 is 10.9 Å². The summed E-state index contributed by atoms with van der Waals surface area (Å²) < 4.78 is 21.1. The molecule has 11 heteroatoms. The van der Waals surface area contributed by atoms with E-state index in [9.17, 15) is 19.7 Å². The van der Waals surface area contributed by atoms with Crippen LogP contribution >= 0.6 is 0 Å². The van der Waals surface area contributed by atoms with Crippen LogP contribution < -0.4 is 24.4 Å². The third kappa shape index (κ3) is 6.56. The number of hydrogen-bond acceptors (Lipinski definition) is 9. The molecule has 0 spiro atoms. The molecule has 186 valence electrons. The van der Waals surface area contributed by atoms with Crippen LogP contribution in [-0.4, -0.2) is 44.3 Å². The number of methoxy groups -OCH3 is 3. The monoisotopic (exact) mass is 493 g/mol. The molecule has 3 aromatic carbocycles. The number of nitro groups is 1. The van der Waals surface area contributed by atoms with E-state index in [1.807, 2.05) is 0 Å². The van der Waals surface area contributed by atoms with Gasteiger partial charge >= 0.3 is 5.97 Å². The van der Waals surface area contributed by atoms with Crippen molar-refractivity contribution in [2.45, 2.75) is 6.42 Å². The Kier molecular flexibility index (Phi) is 8.54. The van der Waals surface area contributed by atoms with E-state index in [0.717, 1.165) is 5.56 Å². The van der Waals surface area contributed by atoms with Gasteiger partial charge in [-0.3, -0.25) is 14.9 Å². The zero-order chi connectivity index (χ0) is 26.1. The maximum atomic E-state index is 12.4. The summed E-state index contributed by atoms with van der Waals surface area (Å²) in [7, 11) is 4.45. The Balaban J connectivity index is 1.61. The highest BCUT2D eigenvalue weighted by Gasteiger charge is 2.15. The highest BCUT2D eigenvalue weighted by atomic mass is 16.6. The van der Waals surface area contributed by atoms with E-state index in [0.29, 0.717) is 17.1 Å². The molecule has 0 saturated heterocycles. The van der Waals surface area contributed by atoms with E-state index >= 15 is 0 Å². The first-order valence-electron chi connectivity index (χ1n) is 10.5. The predicted octanol–water partition coefficient (Wildman–Crippen LogP) is 3.53. The summed E-state index contributed by atoms with van der Waals surface area (Å²) in [4.78, 5) is 34.8. The van der Waals surface area contributed by atoms with Crippen LogP contribution in [0.4, 0.5) is 5.69 Å². The second kappa shape index (κ2) is 12.0. The van der Waals surface area contributed by atoms with Crippen molar-refractivity contribution >= 4 is 23.8 Å². The quantitative estimate of drug-likeness (QED) is 0.149. The summed E-state index contributed by atoms with van der Waals surface area (Å²) in [5, 5.41) is 14.7. The number of esters is 1. The minimum absolute atomic E-state index is 0.0819. The van der Waals surface area contributed by atoms with Crippen LogP contribution in [0.15, 0.2) is 65.8 Å². The largest absolute Gasteiger partial charge is 0.493 e. The number of amides is 1. The van der Waals surface area contributed by atoms with Gasteiger partial charge in [-0.15, -0.1) is 0 Å². The molecule has 1 N–H and O–H groups in total. The third-order valence-electron chi connectivity index (χ3n) is 4.92. The van der Waals surface area contributed by atoms with Gasteiger partial charge < -0.3 is 18.9 Å². The van der Waals surface area contributed by atoms with Crippen molar-refractivity contribution in [3.8, 4) is 23.0 Å². The van der Waals surface area contributed by atoms with Crippen molar-refractivity contribution in [3.63, 3.8) is 0 Å². The first-order chi connectivity index (χ1) is 17.3. The van der Waals surface area contributed by atoms with Crippen molar-refractivity contribution in [1.82, 2.24) is 5.43 Å². The summed E-state index contributed by atoms with van der Waals surface area (Å²) in [6.45, 7) is 0. The molecule has 0 heterocycles. The normalized spacial score (nSPS) is 10.5. The average molecular weight is 493 g/mol. The van der Waals surface area contributed by atoms with Crippen molar-refractivity contribution in [3.05, 3.63) is 87.5 Å². The molecule has 0 fully saturated rings. The molecule has 0 aliphatic carbocycles. The van der Waals surface area contributed by atoms with Crippen LogP contribution in [0.1, 0.15) is 21.5 Å². The molecule has 0 bridgehead atoms. The number of hydrazone groups is 1. The fourth-order valence-electron chi connectivity index (χ4n) is 3.12. The van der Waals surface area contributed by atoms with Crippen LogP contribution in [0, 0.1) is 10.1 Å². The second-order valence-electron chi connectivity index (χ2n) is 7.26. The van der Waals surface area contributed by atoms with Gasteiger partial charge in [0.2, 0.25) is 5.91 Å². The van der Waals surface area contributed by atoms with Crippen LogP contribution in [-0.2, 0) is 11.2 Å². The lowest BCUT2D eigenvalue weighted by Crippen LogP contribution is -2.19. The third-order valence-corrected chi connectivity index (χ3v) is 4.92. The molecule has 0 saturated carbocycles. The Morgan fingerprint density at radius 2 is 1.53 bits per heavy atom. The number of ether oxygens (including phenoxy) is 4. The number of carbonyl (C=O) groups excluding carboxylic acids is 2. The Morgan fingerprint density at radius 1 is 0.889 bits per heavy atom. The summed E-state index contributed by atoms with van der Waals surface area (Å²) in [5.74, 6) is 0.454. The lowest BCUT2D eigenvalue weighted by molar-refractivity contribution is -0.384.